The van der Waals surface area contributed by atoms with E-state index in [1.807, 2.05) is 6.07 Å². The van der Waals surface area contributed by atoms with Gasteiger partial charge in [-0.05, 0) is 42.0 Å². The van der Waals surface area contributed by atoms with Crippen molar-refractivity contribution in [3.8, 4) is 11.3 Å². The van der Waals surface area contributed by atoms with Crippen molar-refractivity contribution in [1.82, 2.24) is 9.97 Å². The number of nitrogen functional groups attached to an aromatic ring is 1. The fraction of sp³-hybridized carbons (Fsp3) is 0.263. The summed E-state index contributed by atoms with van der Waals surface area (Å²) in [6.45, 7) is 0. The second kappa shape index (κ2) is 7.43. The maximum absolute atomic E-state index is 15.4. The minimum absolute atomic E-state index is 0.252. The van der Waals surface area contributed by atoms with Crippen LogP contribution >= 0.6 is 0 Å². The van der Waals surface area contributed by atoms with Crippen LogP contribution in [0.15, 0.2) is 48.2 Å². The van der Waals surface area contributed by atoms with Gasteiger partial charge in [-0.25, -0.2) is 9.37 Å². The van der Waals surface area contributed by atoms with Gasteiger partial charge in [-0.15, -0.1) is 0 Å². The predicted molar refractivity (Wildman–Crippen MR) is 101 cm³/mol. The molecule has 0 amide bonds. The zero-order valence-electron chi connectivity index (χ0n) is 14.5. The highest BCUT2D eigenvalue weighted by atomic mass is 19.1. The van der Waals surface area contributed by atoms with E-state index >= 15 is 4.39 Å². The van der Waals surface area contributed by atoms with E-state index in [-0.39, 0.29) is 18.1 Å². The van der Waals surface area contributed by atoms with Gasteiger partial charge in [0.1, 0.15) is 11.6 Å². The number of benzene rings is 1. The van der Waals surface area contributed by atoms with Gasteiger partial charge in [-0.3, -0.25) is 4.98 Å². The molecule has 0 atom stereocenters. The molecule has 0 saturated heterocycles. The average Bonchev–Trinajstić information content (AvgIpc) is 2.57. The summed E-state index contributed by atoms with van der Waals surface area (Å²) in [5, 5.41) is 0. The topological polar surface area (TPSA) is 130 Å². The second-order valence-electron chi connectivity index (χ2n) is 6.51. The summed E-state index contributed by atoms with van der Waals surface area (Å²) in [4.78, 5) is 8.18. The molecule has 0 spiro atoms. The lowest BCUT2D eigenvalue weighted by Crippen LogP contribution is -2.15. The van der Waals surface area contributed by atoms with Crippen LogP contribution < -0.4 is 22.9 Å². The number of hydrogen-bond acceptors (Lipinski definition) is 6. The Hall–Kier alpha value is -3.09. The van der Waals surface area contributed by atoms with Gasteiger partial charge in [-0.2, -0.15) is 0 Å². The lowest BCUT2D eigenvalue weighted by molar-refractivity contribution is 0.415. The lowest BCUT2D eigenvalue weighted by Gasteiger charge is -2.29. The van der Waals surface area contributed by atoms with E-state index in [4.69, 9.17) is 22.9 Å². The number of nitrogens with two attached hydrogens (primary N) is 4. The summed E-state index contributed by atoms with van der Waals surface area (Å²) in [6.07, 6.45) is 9.22. The summed E-state index contributed by atoms with van der Waals surface area (Å²) < 4.78 is 15.4. The molecule has 1 saturated carbocycles. The SMILES string of the molecule is N/C=C(N)\C=C(/N)Cc1c(C2CCC2)ccc(-c2cnc(N)cn2)c1F. The summed E-state index contributed by atoms with van der Waals surface area (Å²) >= 11 is 0. The third-order valence-corrected chi connectivity index (χ3v) is 4.70. The van der Waals surface area contributed by atoms with Crippen LogP contribution in [0.4, 0.5) is 10.2 Å². The number of allylic oxidation sites excluding steroid dienone is 2. The first-order chi connectivity index (χ1) is 12.5. The molecule has 8 N–H and O–H groups in total. The van der Waals surface area contributed by atoms with Crippen LogP contribution in [-0.2, 0) is 6.42 Å². The molecule has 0 bridgehead atoms. The van der Waals surface area contributed by atoms with Gasteiger partial charge in [0.05, 0.1) is 18.1 Å². The number of rotatable bonds is 5. The largest absolute Gasteiger partial charge is 0.403 e. The third kappa shape index (κ3) is 3.61. The molecular weight excluding hydrogens is 331 g/mol. The van der Waals surface area contributed by atoms with Gasteiger partial charge < -0.3 is 22.9 Å². The van der Waals surface area contributed by atoms with Crippen LogP contribution in [0.2, 0.25) is 0 Å². The normalized spacial score (nSPS) is 15.7. The average molecular weight is 354 g/mol. The number of aromatic nitrogens is 2. The van der Waals surface area contributed by atoms with E-state index in [0.29, 0.717) is 34.1 Å². The highest BCUT2D eigenvalue weighted by Crippen LogP contribution is 2.40. The standard InChI is InChI=1S/C19H23FN6/c20-19-15(17-9-26-18(24)10-25-17)5-4-14(11-2-1-3-11)16(19)7-12(22)6-13(23)8-21/h4-6,8-11H,1-3,7,21-23H2,(H2,24,26)/b12-6-,13-8+. The van der Waals surface area contributed by atoms with Crippen LogP contribution in [0, 0.1) is 5.82 Å². The van der Waals surface area contributed by atoms with E-state index in [2.05, 4.69) is 9.97 Å². The van der Waals surface area contributed by atoms with Crippen LogP contribution in [0.25, 0.3) is 11.3 Å². The van der Waals surface area contributed by atoms with Crippen LogP contribution in [0.1, 0.15) is 36.3 Å². The highest BCUT2D eigenvalue weighted by Gasteiger charge is 2.25. The molecule has 0 unspecified atom stereocenters. The Balaban J connectivity index is 2.04. The molecule has 6 nitrogen and oxygen atoms in total. The van der Waals surface area contributed by atoms with Crippen molar-refractivity contribution < 1.29 is 4.39 Å². The number of anilines is 1. The van der Waals surface area contributed by atoms with E-state index < -0.39 is 0 Å². The summed E-state index contributed by atoms with van der Waals surface area (Å²) in [7, 11) is 0. The van der Waals surface area contributed by atoms with Crippen LogP contribution in [-0.4, -0.2) is 9.97 Å². The molecule has 1 aliphatic carbocycles. The Labute approximate surface area is 151 Å². The molecule has 7 heteroatoms. The van der Waals surface area contributed by atoms with E-state index in [1.54, 1.807) is 12.1 Å². The van der Waals surface area contributed by atoms with Gasteiger partial charge in [0, 0.05) is 29.6 Å². The molecular formula is C19H23FN6. The smallest absolute Gasteiger partial charge is 0.141 e. The highest BCUT2D eigenvalue weighted by molar-refractivity contribution is 5.62. The molecule has 0 aliphatic heterocycles. The maximum Gasteiger partial charge on any atom is 0.141 e. The molecule has 0 radical (unpaired) electrons. The molecule has 26 heavy (non-hydrogen) atoms. The Morgan fingerprint density at radius 3 is 2.54 bits per heavy atom. The van der Waals surface area contributed by atoms with Crippen molar-refractivity contribution in [3.63, 3.8) is 0 Å². The van der Waals surface area contributed by atoms with Gasteiger partial charge >= 0.3 is 0 Å². The van der Waals surface area contributed by atoms with Crippen LogP contribution in [0.5, 0.6) is 0 Å². The molecule has 2 aromatic rings. The molecule has 1 aliphatic rings. The van der Waals surface area contributed by atoms with Gasteiger partial charge in [0.15, 0.2) is 0 Å². The van der Waals surface area contributed by atoms with Crippen molar-refractivity contribution in [3.05, 3.63) is 65.1 Å². The Bertz CT molecular complexity index is 853. The zero-order chi connectivity index (χ0) is 18.7. The van der Waals surface area contributed by atoms with E-state index in [9.17, 15) is 0 Å². The lowest BCUT2D eigenvalue weighted by atomic mass is 9.77. The molecule has 136 valence electrons. The van der Waals surface area contributed by atoms with Crippen LogP contribution in [0.3, 0.4) is 0 Å². The fourth-order valence-corrected chi connectivity index (χ4v) is 3.11. The Kier molecular flexibility index (Phi) is 5.06. The van der Waals surface area contributed by atoms with Crippen molar-refractivity contribution in [1.29, 1.82) is 0 Å². The molecule has 3 rings (SSSR count). The van der Waals surface area contributed by atoms with Crippen molar-refractivity contribution in [2.24, 2.45) is 17.2 Å². The third-order valence-electron chi connectivity index (χ3n) is 4.70. The Morgan fingerprint density at radius 2 is 1.96 bits per heavy atom. The van der Waals surface area contributed by atoms with E-state index in [0.717, 1.165) is 24.8 Å². The minimum atomic E-state index is -0.333. The fourth-order valence-electron chi connectivity index (χ4n) is 3.11. The van der Waals surface area contributed by atoms with Gasteiger partial charge in [0.2, 0.25) is 0 Å². The van der Waals surface area contributed by atoms with Crippen molar-refractivity contribution in [2.75, 3.05) is 5.73 Å². The van der Waals surface area contributed by atoms with Gasteiger partial charge in [0.25, 0.3) is 0 Å². The second-order valence-corrected chi connectivity index (χ2v) is 6.51. The molecule has 1 aromatic carbocycles. The minimum Gasteiger partial charge on any atom is -0.403 e. The quantitative estimate of drug-likeness (QED) is 0.609. The maximum atomic E-state index is 15.4. The monoisotopic (exact) mass is 354 g/mol. The first-order valence-electron chi connectivity index (χ1n) is 8.52. The predicted octanol–water partition coefficient (Wildman–Crippen LogP) is 2.28. The summed E-state index contributed by atoms with van der Waals surface area (Å²) in [6, 6.07) is 3.71. The zero-order valence-corrected chi connectivity index (χ0v) is 14.5. The number of nitrogens with zero attached hydrogens (tertiary/aromatic N) is 2. The number of hydrogen-bond donors (Lipinski definition) is 4. The van der Waals surface area contributed by atoms with Crippen molar-refractivity contribution in [2.45, 2.75) is 31.6 Å². The Morgan fingerprint density at radius 1 is 1.19 bits per heavy atom. The van der Waals surface area contributed by atoms with Gasteiger partial charge in [-0.1, -0.05) is 12.5 Å². The molecule has 1 heterocycles. The number of halogens is 1. The molecule has 1 aromatic heterocycles. The summed E-state index contributed by atoms with van der Waals surface area (Å²) in [5.74, 6) is 0.318. The van der Waals surface area contributed by atoms with E-state index in [1.165, 1.54) is 18.6 Å². The first-order valence-corrected chi connectivity index (χ1v) is 8.52. The molecule has 1 fully saturated rings. The first kappa shape index (κ1) is 17.7. The van der Waals surface area contributed by atoms with Crippen molar-refractivity contribution >= 4 is 5.82 Å². The summed E-state index contributed by atoms with van der Waals surface area (Å²) in [5.41, 5.74) is 25.9.